The predicted octanol–water partition coefficient (Wildman–Crippen LogP) is 4.52. The average molecular weight is 349 g/mol. The number of ether oxygens (including phenoxy) is 1. The number of aryl methyl sites for hydroxylation is 3. The van der Waals surface area contributed by atoms with E-state index in [1.807, 2.05) is 25.1 Å². The molecule has 5 nitrogen and oxygen atoms in total. The zero-order chi connectivity index (χ0) is 18.7. The summed E-state index contributed by atoms with van der Waals surface area (Å²) in [6, 6.07) is 13.4. The van der Waals surface area contributed by atoms with Gasteiger partial charge in [0.2, 0.25) is 0 Å². The number of benzene rings is 2. The van der Waals surface area contributed by atoms with E-state index in [2.05, 4.69) is 41.5 Å². The third-order valence-corrected chi connectivity index (χ3v) is 4.42. The summed E-state index contributed by atoms with van der Waals surface area (Å²) in [5, 5.41) is 10.5. The lowest BCUT2D eigenvalue weighted by Gasteiger charge is -2.12. The van der Waals surface area contributed by atoms with E-state index in [9.17, 15) is 4.79 Å². The first-order chi connectivity index (χ1) is 12.5. The first kappa shape index (κ1) is 17.7. The molecule has 0 saturated heterocycles. The zero-order valence-electron chi connectivity index (χ0n) is 15.5. The fourth-order valence-electron chi connectivity index (χ4n) is 3.06. The Morgan fingerprint density at radius 2 is 1.96 bits per heavy atom. The van der Waals surface area contributed by atoms with Crippen molar-refractivity contribution in [2.75, 3.05) is 12.4 Å². The summed E-state index contributed by atoms with van der Waals surface area (Å²) in [6.45, 7) is 6.13. The number of methoxy groups -OCH3 is 1. The molecule has 134 valence electrons. The van der Waals surface area contributed by atoms with Crippen molar-refractivity contribution in [1.29, 1.82) is 0 Å². The van der Waals surface area contributed by atoms with E-state index in [4.69, 9.17) is 4.74 Å². The number of carbonyl (C=O) groups is 1. The SMILES string of the molecule is CCc1[nH]nc(-c2ccc(C)cc2C)c1NC(=O)c1ccccc1OC. The van der Waals surface area contributed by atoms with E-state index in [1.54, 1.807) is 19.2 Å². The molecule has 0 radical (unpaired) electrons. The second kappa shape index (κ2) is 7.44. The molecular weight excluding hydrogens is 326 g/mol. The number of nitrogens with one attached hydrogen (secondary N) is 2. The van der Waals surface area contributed by atoms with Crippen molar-refractivity contribution in [2.45, 2.75) is 27.2 Å². The van der Waals surface area contributed by atoms with Crippen molar-refractivity contribution >= 4 is 11.6 Å². The van der Waals surface area contributed by atoms with Crippen molar-refractivity contribution < 1.29 is 9.53 Å². The number of hydrogen-bond donors (Lipinski definition) is 2. The van der Waals surface area contributed by atoms with Crippen LogP contribution in [0.1, 0.15) is 34.1 Å². The Hall–Kier alpha value is -3.08. The topological polar surface area (TPSA) is 67.0 Å². The number of amides is 1. The lowest BCUT2D eigenvalue weighted by molar-refractivity contribution is 0.102. The van der Waals surface area contributed by atoms with Gasteiger partial charge in [-0.1, -0.05) is 42.8 Å². The molecule has 0 unspecified atom stereocenters. The first-order valence-electron chi connectivity index (χ1n) is 8.64. The Morgan fingerprint density at radius 3 is 2.65 bits per heavy atom. The molecule has 0 fully saturated rings. The minimum Gasteiger partial charge on any atom is -0.496 e. The van der Waals surface area contributed by atoms with Crippen LogP contribution in [0.2, 0.25) is 0 Å². The quantitative estimate of drug-likeness (QED) is 0.712. The molecule has 0 aliphatic carbocycles. The van der Waals surface area contributed by atoms with Gasteiger partial charge in [0.05, 0.1) is 24.1 Å². The average Bonchev–Trinajstić information content (AvgIpc) is 3.04. The molecular formula is C21H23N3O2. The van der Waals surface area contributed by atoms with E-state index in [0.29, 0.717) is 11.3 Å². The van der Waals surface area contributed by atoms with Gasteiger partial charge in [-0.25, -0.2) is 0 Å². The lowest BCUT2D eigenvalue weighted by Crippen LogP contribution is -2.14. The number of carbonyl (C=O) groups excluding carboxylic acids is 1. The number of anilines is 1. The third kappa shape index (κ3) is 3.33. The van der Waals surface area contributed by atoms with E-state index in [0.717, 1.165) is 34.6 Å². The molecule has 3 rings (SSSR count). The van der Waals surface area contributed by atoms with Gasteiger partial charge >= 0.3 is 0 Å². The van der Waals surface area contributed by atoms with Crippen LogP contribution in [0.15, 0.2) is 42.5 Å². The molecule has 5 heteroatoms. The molecule has 3 aromatic rings. The molecule has 1 aromatic heterocycles. The van der Waals surface area contributed by atoms with Gasteiger partial charge in [-0.15, -0.1) is 0 Å². The maximum Gasteiger partial charge on any atom is 0.259 e. The Morgan fingerprint density at radius 1 is 1.19 bits per heavy atom. The molecule has 0 aliphatic heterocycles. The van der Waals surface area contributed by atoms with Crippen LogP contribution in [0.4, 0.5) is 5.69 Å². The zero-order valence-corrected chi connectivity index (χ0v) is 15.5. The van der Waals surface area contributed by atoms with Crippen LogP contribution in [0, 0.1) is 13.8 Å². The summed E-state index contributed by atoms with van der Waals surface area (Å²) in [6.07, 6.45) is 0.736. The molecule has 2 N–H and O–H groups in total. The van der Waals surface area contributed by atoms with Crippen molar-refractivity contribution in [3.05, 3.63) is 64.8 Å². The highest BCUT2D eigenvalue weighted by atomic mass is 16.5. The van der Waals surface area contributed by atoms with Crippen molar-refractivity contribution in [3.63, 3.8) is 0 Å². The minimum atomic E-state index is -0.218. The molecule has 2 aromatic carbocycles. The highest BCUT2D eigenvalue weighted by Gasteiger charge is 2.20. The number of nitrogens with zero attached hydrogens (tertiary/aromatic N) is 1. The fourth-order valence-corrected chi connectivity index (χ4v) is 3.06. The van der Waals surface area contributed by atoms with Crippen molar-refractivity contribution in [3.8, 4) is 17.0 Å². The number of para-hydroxylation sites is 1. The molecule has 26 heavy (non-hydrogen) atoms. The first-order valence-corrected chi connectivity index (χ1v) is 8.64. The Labute approximate surface area is 153 Å². The Balaban J connectivity index is 2.02. The Bertz CT molecular complexity index is 944. The number of aromatic amines is 1. The summed E-state index contributed by atoms with van der Waals surface area (Å²) in [5.74, 6) is 0.323. The van der Waals surface area contributed by atoms with Crippen molar-refractivity contribution in [1.82, 2.24) is 10.2 Å². The maximum absolute atomic E-state index is 12.8. The van der Waals surface area contributed by atoms with Gasteiger partial charge in [0.1, 0.15) is 11.4 Å². The molecule has 0 spiro atoms. The van der Waals surface area contributed by atoms with E-state index in [1.165, 1.54) is 5.56 Å². The van der Waals surface area contributed by atoms with Crippen molar-refractivity contribution in [2.24, 2.45) is 0 Å². The summed E-state index contributed by atoms with van der Waals surface area (Å²) >= 11 is 0. The lowest BCUT2D eigenvalue weighted by atomic mass is 10.0. The molecule has 1 heterocycles. The number of hydrogen-bond acceptors (Lipinski definition) is 3. The second-order valence-corrected chi connectivity index (χ2v) is 6.25. The fraction of sp³-hybridized carbons (Fsp3) is 0.238. The number of H-pyrrole nitrogens is 1. The van der Waals surface area contributed by atoms with Crippen LogP contribution < -0.4 is 10.1 Å². The Kier molecular flexibility index (Phi) is 5.07. The van der Waals surface area contributed by atoms with Crippen LogP contribution in [0.25, 0.3) is 11.3 Å². The van der Waals surface area contributed by atoms with E-state index in [-0.39, 0.29) is 5.91 Å². The van der Waals surface area contributed by atoms with E-state index >= 15 is 0 Å². The highest BCUT2D eigenvalue weighted by Crippen LogP contribution is 2.32. The van der Waals surface area contributed by atoms with Crippen LogP contribution in [-0.2, 0) is 6.42 Å². The largest absolute Gasteiger partial charge is 0.496 e. The summed E-state index contributed by atoms with van der Waals surface area (Å²) < 4.78 is 5.31. The summed E-state index contributed by atoms with van der Waals surface area (Å²) in [5.41, 5.74) is 6.16. The second-order valence-electron chi connectivity index (χ2n) is 6.25. The minimum absolute atomic E-state index is 0.218. The van der Waals surface area contributed by atoms with Crippen LogP contribution in [-0.4, -0.2) is 23.2 Å². The highest BCUT2D eigenvalue weighted by molar-refractivity contribution is 6.08. The van der Waals surface area contributed by atoms with Gasteiger partial charge in [-0.3, -0.25) is 9.89 Å². The normalized spacial score (nSPS) is 10.6. The van der Waals surface area contributed by atoms with Gasteiger partial charge in [0, 0.05) is 5.56 Å². The van der Waals surface area contributed by atoms with Gasteiger partial charge in [0.15, 0.2) is 0 Å². The number of rotatable bonds is 5. The van der Waals surface area contributed by atoms with Gasteiger partial charge in [-0.2, -0.15) is 5.10 Å². The molecule has 0 aliphatic rings. The predicted molar refractivity (Wildman–Crippen MR) is 104 cm³/mol. The standard InChI is InChI=1S/C21H23N3O2/c1-5-17-20(22-21(25)16-8-6-7-9-18(16)26-4)19(24-23-17)15-11-10-13(2)12-14(15)3/h6-12H,5H2,1-4H3,(H,22,25)(H,23,24). The smallest absolute Gasteiger partial charge is 0.259 e. The molecule has 0 atom stereocenters. The summed E-state index contributed by atoms with van der Waals surface area (Å²) in [7, 11) is 1.56. The molecule has 1 amide bonds. The third-order valence-electron chi connectivity index (χ3n) is 4.42. The van der Waals surface area contributed by atoms with Gasteiger partial charge in [0.25, 0.3) is 5.91 Å². The van der Waals surface area contributed by atoms with Crippen LogP contribution in [0.3, 0.4) is 0 Å². The molecule has 0 saturated carbocycles. The van der Waals surface area contributed by atoms with Gasteiger partial charge < -0.3 is 10.1 Å². The van der Waals surface area contributed by atoms with E-state index < -0.39 is 0 Å². The summed E-state index contributed by atoms with van der Waals surface area (Å²) in [4.78, 5) is 12.8. The van der Waals surface area contributed by atoms with Gasteiger partial charge in [-0.05, 0) is 38.0 Å². The van der Waals surface area contributed by atoms with Crippen LogP contribution >= 0.6 is 0 Å². The maximum atomic E-state index is 12.8. The van der Waals surface area contributed by atoms with Crippen LogP contribution in [0.5, 0.6) is 5.75 Å². The molecule has 0 bridgehead atoms. The number of aromatic nitrogens is 2. The monoisotopic (exact) mass is 349 g/mol.